The first-order chi connectivity index (χ1) is 9.33. The van der Waals surface area contributed by atoms with E-state index >= 15 is 0 Å². The van der Waals surface area contributed by atoms with Gasteiger partial charge >= 0.3 is 6.09 Å². The summed E-state index contributed by atoms with van der Waals surface area (Å²) in [5.74, 6) is 0. The van der Waals surface area contributed by atoms with Gasteiger partial charge in [0.1, 0.15) is 6.61 Å². The third-order valence-electron chi connectivity index (χ3n) is 4.04. The second-order valence-electron chi connectivity index (χ2n) is 5.30. The fourth-order valence-electron chi connectivity index (χ4n) is 2.97. The van der Waals surface area contributed by atoms with Crippen LogP contribution in [0.2, 0.25) is 0 Å². The zero-order chi connectivity index (χ0) is 13.1. The molecule has 1 amide bonds. The molecule has 2 saturated heterocycles. The fraction of sp³-hybridized carbons (Fsp3) is 0.533. The lowest BCUT2D eigenvalue weighted by Gasteiger charge is -2.35. The lowest BCUT2D eigenvalue weighted by molar-refractivity contribution is 0.115. The van der Waals surface area contributed by atoms with Gasteiger partial charge in [0.15, 0.2) is 0 Å². The van der Waals surface area contributed by atoms with Crippen LogP contribution in [0, 0.1) is 0 Å². The van der Waals surface area contributed by atoms with E-state index in [0.717, 1.165) is 39.0 Å². The quantitative estimate of drug-likeness (QED) is 0.834. The van der Waals surface area contributed by atoms with Crippen LogP contribution in [-0.4, -0.2) is 48.2 Å². The first kappa shape index (κ1) is 12.5. The van der Waals surface area contributed by atoms with Crippen molar-refractivity contribution in [2.75, 3.05) is 26.2 Å². The third kappa shape index (κ3) is 2.89. The van der Waals surface area contributed by atoms with Crippen LogP contribution in [0.15, 0.2) is 30.3 Å². The molecule has 2 heterocycles. The molecular formula is C15H20N2O2. The molecule has 0 radical (unpaired) electrons. The van der Waals surface area contributed by atoms with Crippen LogP contribution < -0.4 is 0 Å². The maximum Gasteiger partial charge on any atom is 0.410 e. The van der Waals surface area contributed by atoms with Gasteiger partial charge in [-0.15, -0.1) is 0 Å². The minimum absolute atomic E-state index is 0.124. The molecule has 2 aliphatic rings. The van der Waals surface area contributed by atoms with E-state index in [1.54, 1.807) is 0 Å². The van der Waals surface area contributed by atoms with Crippen LogP contribution in [0.4, 0.5) is 4.79 Å². The van der Waals surface area contributed by atoms with Crippen LogP contribution in [-0.2, 0) is 11.3 Å². The highest BCUT2D eigenvalue weighted by molar-refractivity contribution is 5.69. The van der Waals surface area contributed by atoms with Gasteiger partial charge in [0.2, 0.25) is 0 Å². The average molecular weight is 260 g/mol. The highest BCUT2D eigenvalue weighted by Crippen LogP contribution is 2.21. The summed E-state index contributed by atoms with van der Waals surface area (Å²) in [7, 11) is 0. The number of rotatable bonds is 3. The zero-order valence-corrected chi connectivity index (χ0v) is 11.1. The highest BCUT2D eigenvalue weighted by Gasteiger charge is 2.31. The van der Waals surface area contributed by atoms with Crippen molar-refractivity contribution in [3.05, 3.63) is 35.9 Å². The van der Waals surface area contributed by atoms with Gasteiger partial charge in [0.25, 0.3) is 0 Å². The van der Waals surface area contributed by atoms with Crippen molar-refractivity contribution in [2.45, 2.75) is 25.4 Å². The van der Waals surface area contributed by atoms with Gasteiger partial charge in [0.05, 0.1) is 6.54 Å². The van der Waals surface area contributed by atoms with Crippen LogP contribution in [0.25, 0.3) is 0 Å². The standard InChI is InChI=1S/C15H20N2O2/c18-15-17(10-11-19-15)14-6-8-16(9-7-14)12-13-4-2-1-3-5-13/h1-5,14H,6-12H2. The Labute approximate surface area is 113 Å². The number of cyclic esters (lactones) is 1. The summed E-state index contributed by atoms with van der Waals surface area (Å²) in [6, 6.07) is 10.9. The molecule has 102 valence electrons. The predicted octanol–water partition coefficient (Wildman–Crippen LogP) is 2.10. The zero-order valence-electron chi connectivity index (χ0n) is 11.1. The van der Waals surface area contributed by atoms with Crippen molar-refractivity contribution in [3.63, 3.8) is 0 Å². The summed E-state index contributed by atoms with van der Waals surface area (Å²) < 4.78 is 5.01. The number of carbonyl (C=O) groups is 1. The molecule has 0 spiro atoms. The van der Waals surface area contributed by atoms with Gasteiger partial charge in [0, 0.05) is 25.7 Å². The average Bonchev–Trinajstić information content (AvgIpc) is 2.87. The van der Waals surface area contributed by atoms with Crippen LogP contribution in [0.1, 0.15) is 18.4 Å². The van der Waals surface area contributed by atoms with Crippen LogP contribution >= 0.6 is 0 Å². The second kappa shape index (κ2) is 5.61. The van der Waals surface area contributed by atoms with Crippen molar-refractivity contribution < 1.29 is 9.53 Å². The van der Waals surface area contributed by atoms with E-state index in [1.807, 2.05) is 4.90 Å². The van der Waals surface area contributed by atoms with Crippen molar-refractivity contribution >= 4 is 6.09 Å². The summed E-state index contributed by atoms with van der Waals surface area (Å²) in [6.45, 7) is 4.45. The van der Waals surface area contributed by atoms with Gasteiger partial charge in [-0.25, -0.2) is 4.79 Å². The number of likely N-dealkylation sites (tertiary alicyclic amines) is 1. The van der Waals surface area contributed by atoms with Crippen molar-refractivity contribution in [2.24, 2.45) is 0 Å². The van der Waals surface area contributed by atoms with E-state index in [0.29, 0.717) is 12.6 Å². The van der Waals surface area contributed by atoms with Gasteiger partial charge in [-0.1, -0.05) is 30.3 Å². The lowest BCUT2D eigenvalue weighted by Crippen LogP contribution is -2.45. The van der Waals surface area contributed by atoms with Gasteiger partial charge < -0.3 is 9.64 Å². The number of nitrogens with zero attached hydrogens (tertiary/aromatic N) is 2. The Morgan fingerprint density at radius 3 is 2.47 bits per heavy atom. The smallest absolute Gasteiger partial charge is 0.410 e. The number of hydrogen-bond acceptors (Lipinski definition) is 3. The Morgan fingerprint density at radius 1 is 1.11 bits per heavy atom. The molecular weight excluding hydrogens is 240 g/mol. The van der Waals surface area contributed by atoms with Gasteiger partial charge in [-0.2, -0.15) is 0 Å². The normalized spacial score (nSPS) is 21.7. The summed E-state index contributed by atoms with van der Waals surface area (Å²) in [5, 5.41) is 0. The Bertz CT molecular complexity index is 427. The molecule has 0 aliphatic carbocycles. The molecule has 2 aliphatic heterocycles. The molecule has 0 saturated carbocycles. The highest BCUT2D eigenvalue weighted by atomic mass is 16.6. The van der Waals surface area contributed by atoms with E-state index in [9.17, 15) is 4.79 Å². The molecule has 1 aromatic rings. The minimum atomic E-state index is -0.124. The summed E-state index contributed by atoms with van der Waals surface area (Å²) in [5.41, 5.74) is 1.36. The lowest BCUT2D eigenvalue weighted by atomic mass is 10.0. The topological polar surface area (TPSA) is 32.8 Å². The van der Waals surface area contributed by atoms with E-state index in [4.69, 9.17) is 4.74 Å². The number of hydrogen-bond donors (Lipinski definition) is 0. The van der Waals surface area contributed by atoms with E-state index < -0.39 is 0 Å². The predicted molar refractivity (Wildman–Crippen MR) is 72.8 cm³/mol. The molecule has 4 nitrogen and oxygen atoms in total. The van der Waals surface area contributed by atoms with Gasteiger partial charge in [-0.05, 0) is 18.4 Å². The summed E-state index contributed by atoms with van der Waals surface area (Å²) >= 11 is 0. The molecule has 0 atom stereocenters. The largest absolute Gasteiger partial charge is 0.448 e. The Balaban J connectivity index is 1.51. The Hall–Kier alpha value is -1.55. The SMILES string of the molecule is O=C1OCCN1C1CCN(Cc2ccccc2)CC1. The van der Waals surface area contributed by atoms with Crippen LogP contribution in [0.3, 0.4) is 0 Å². The first-order valence-corrected chi connectivity index (χ1v) is 7.02. The number of amides is 1. The Kier molecular flexibility index (Phi) is 3.69. The van der Waals surface area contributed by atoms with E-state index in [2.05, 4.69) is 35.2 Å². The van der Waals surface area contributed by atoms with Crippen molar-refractivity contribution in [1.29, 1.82) is 0 Å². The minimum Gasteiger partial charge on any atom is -0.448 e. The molecule has 0 bridgehead atoms. The molecule has 2 fully saturated rings. The first-order valence-electron chi connectivity index (χ1n) is 7.02. The maximum absolute atomic E-state index is 11.5. The molecule has 4 heteroatoms. The third-order valence-corrected chi connectivity index (χ3v) is 4.04. The molecule has 0 aromatic heterocycles. The van der Waals surface area contributed by atoms with Gasteiger partial charge in [-0.3, -0.25) is 4.90 Å². The summed E-state index contributed by atoms with van der Waals surface area (Å²) in [4.78, 5) is 15.9. The molecule has 1 aromatic carbocycles. The number of piperidine rings is 1. The van der Waals surface area contributed by atoms with Crippen molar-refractivity contribution in [3.8, 4) is 0 Å². The van der Waals surface area contributed by atoms with E-state index in [1.165, 1.54) is 5.56 Å². The monoisotopic (exact) mass is 260 g/mol. The fourth-order valence-corrected chi connectivity index (χ4v) is 2.97. The second-order valence-corrected chi connectivity index (χ2v) is 5.30. The summed E-state index contributed by atoms with van der Waals surface area (Å²) in [6.07, 6.45) is 1.99. The van der Waals surface area contributed by atoms with Crippen LogP contribution in [0.5, 0.6) is 0 Å². The van der Waals surface area contributed by atoms with Crippen molar-refractivity contribution in [1.82, 2.24) is 9.80 Å². The molecule has 19 heavy (non-hydrogen) atoms. The molecule has 0 N–H and O–H groups in total. The van der Waals surface area contributed by atoms with E-state index in [-0.39, 0.29) is 6.09 Å². The number of benzene rings is 1. The molecule has 0 unspecified atom stereocenters. The maximum atomic E-state index is 11.5. The molecule has 3 rings (SSSR count). The number of ether oxygens (including phenoxy) is 1. The number of carbonyl (C=O) groups excluding carboxylic acids is 1. The Morgan fingerprint density at radius 2 is 1.84 bits per heavy atom.